The maximum Gasteiger partial charge on any atom is 0.375 e. The van der Waals surface area contributed by atoms with Crippen molar-refractivity contribution in [2.24, 2.45) is 0 Å². The van der Waals surface area contributed by atoms with E-state index in [-0.39, 0.29) is 5.82 Å². The lowest BCUT2D eigenvalue weighted by Gasteiger charge is -2.26. The van der Waals surface area contributed by atoms with Crippen molar-refractivity contribution in [2.45, 2.75) is 0 Å². The number of nitrogens with zero attached hydrogens (tertiary/aromatic N) is 3. The zero-order chi connectivity index (χ0) is 13.7. The predicted molar refractivity (Wildman–Crippen MR) is 67.3 cm³/mol. The molecule has 0 amide bonds. The van der Waals surface area contributed by atoms with E-state index >= 15 is 0 Å². The zero-order valence-electron chi connectivity index (χ0n) is 10.3. The Bertz CT molecular complexity index is 497. The maximum atomic E-state index is 11.3. The normalized spacial score (nSPS) is 16.2. The number of nitro groups is 1. The largest absolute Gasteiger partial charge is 0.379 e. The molecule has 0 spiro atoms. The average molecular weight is 269 g/mol. The molecule has 9 heteroatoms. The van der Waals surface area contributed by atoms with E-state index in [2.05, 4.69) is 20.2 Å². The van der Waals surface area contributed by atoms with Gasteiger partial charge in [-0.1, -0.05) is 0 Å². The van der Waals surface area contributed by atoms with Crippen LogP contribution in [0.1, 0.15) is 0 Å². The molecule has 1 saturated heterocycles. The van der Waals surface area contributed by atoms with Crippen LogP contribution < -0.4 is 10.9 Å². The van der Waals surface area contributed by atoms with Crippen molar-refractivity contribution >= 4 is 11.5 Å². The average Bonchev–Trinajstić information content (AvgIpc) is 2.39. The summed E-state index contributed by atoms with van der Waals surface area (Å²) in [7, 11) is 0. The predicted octanol–water partition coefficient (Wildman–Crippen LogP) is -0.578. The van der Waals surface area contributed by atoms with Crippen molar-refractivity contribution in [2.75, 3.05) is 44.7 Å². The third-order valence-electron chi connectivity index (χ3n) is 2.84. The second-order valence-electron chi connectivity index (χ2n) is 4.07. The Balaban J connectivity index is 1.94. The fraction of sp³-hybridized carbons (Fsp3) is 0.600. The van der Waals surface area contributed by atoms with Crippen LogP contribution in [-0.2, 0) is 4.74 Å². The van der Waals surface area contributed by atoms with Crippen LogP contribution >= 0.6 is 0 Å². The molecular weight excluding hydrogens is 254 g/mol. The Morgan fingerprint density at radius 1 is 1.53 bits per heavy atom. The summed E-state index contributed by atoms with van der Waals surface area (Å²) in [6.07, 6.45) is 1.15. The number of rotatable bonds is 5. The molecular formula is C10H15N5O4. The molecule has 104 valence electrons. The number of ether oxygens (including phenoxy) is 1. The van der Waals surface area contributed by atoms with Crippen LogP contribution in [0.3, 0.4) is 0 Å². The number of hydrogen-bond acceptors (Lipinski definition) is 7. The monoisotopic (exact) mass is 269 g/mol. The topological polar surface area (TPSA) is 113 Å². The summed E-state index contributed by atoms with van der Waals surface area (Å²) in [5.41, 5.74) is -1.31. The molecule has 2 heterocycles. The summed E-state index contributed by atoms with van der Waals surface area (Å²) in [5.74, 6) is 0.00186. The molecule has 1 aliphatic rings. The summed E-state index contributed by atoms with van der Waals surface area (Å²) >= 11 is 0. The van der Waals surface area contributed by atoms with Gasteiger partial charge in [0.25, 0.3) is 0 Å². The molecule has 0 unspecified atom stereocenters. The van der Waals surface area contributed by atoms with Gasteiger partial charge < -0.3 is 15.0 Å². The van der Waals surface area contributed by atoms with Crippen molar-refractivity contribution in [1.82, 2.24) is 14.9 Å². The van der Waals surface area contributed by atoms with Crippen molar-refractivity contribution < 1.29 is 9.66 Å². The molecule has 9 nitrogen and oxygen atoms in total. The second kappa shape index (κ2) is 6.25. The third-order valence-corrected chi connectivity index (χ3v) is 2.84. The number of nitrogens with one attached hydrogen (secondary N) is 2. The first-order valence-electron chi connectivity index (χ1n) is 5.94. The molecule has 1 fully saturated rings. The molecule has 1 aromatic heterocycles. The van der Waals surface area contributed by atoms with Crippen LogP contribution in [0.15, 0.2) is 11.1 Å². The minimum absolute atomic E-state index is 0.00186. The van der Waals surface area contributed by atoms with Gasteiger partial charge in [0.1, 0.15) is 0 Å². The standard InChI is InChI=1S/C10H15N5O4/c16-10-8(15(17)18)9(12-7-13-10)11-1-2-14-3-5-19-6-4-14/h7H,1-6H2,(H2,11,12,13,16). The first-order chi connectivity index (χ1) is 9.18. The fourth-order valence-corrected chi connectivity index (χ4v) is 1.85. The smallest absolute Gasteiger partial charge is 0.375 e. The lowest BCUT2D eigenvalue weighted by molar-refractivity contribution is -0.385. The summed E-state index contributed by atoms with van der Waals surface area (Å²) in [6.45, 7) is 4.28. The van der Waals surface area contributed by atoms with Gasteiger partial charge in [-0.15, -0.1) is 0 Å². The van der Waals surface area contributed by atoms with E-state index in [4.69, 9.17) is 4.74 Å². The van der Waals surface area contributed by atoms with Gasteiger partial charge in [-0.25, -0.2) is 4.98 Å². The van der Waals surface area contributed by atoms with Crippen LogP contribution in [0.25, 0.3) is 0 Å². The number of hydrogen-bond donors (Lipinski definition) is 2. The maximum absolute atomic E-state index is 11.3. The van der Waals surface area contributed by atoms with Gasteiger partial charge in [-0.05, 0) is 0 Å². The molecule has 1 aliphatic heterocycles. The number of aromatic nitrogens is 2. The summed E-state index contributed by atoms with van der Waals surface area (Å²) < 4.78 is 5.22. The molecule has 0 bridgehead atoms. The Morgan fingerprint density at radius 3 is 2.95 bits per heavy atom. The molecule has 0 radical (unpaired) electrons. The Labute approximate surface area is 108 Å². The molecule has 0 aliphatic carbocycles. The van der Waals surface area contributed by atoms with Gasteiger partial charge in [-0.3, -0.25) is 19.8 Å². The van der Waals surface area contributed by atoms with Gasteiger partial charge in [-0.2, -0.15) is 0 Å². The Hall–Kier alpha value is -2.00. The Kier molecular flexibility index (Phi) is 4.42. The van der Waals surface area contributed by atoms with E-state index in [1.165, 1.54) is 0 Å². The van der Waals surface area contributed by atoms with Gasteiger partial charge >= 0.3 is 11.2 Å². The summed E-state index contributed by atoms with van der Waals surface area (Å²) in [4.78, 5) is 29.5. The van der Waals surface area contributed by atoms with Crippen molar-refractivity contribution in [1.29, 1.82) is 0 Å². The van der Waals surface area contributed by atoms with E-state index in [0.717, 1.165) is 26.0 Å². The lowest BCUT2D eigenvalue weighted by atomic mass is 10.4. The van der Waals surface area contributed by atoms with E-state index in [1.807, 2.05) is 0 Å². The van der Waals surface area contributed by atoms with Gasteiger partial charge in [0.05, 0.1) is 24.5 Å². The molecule has 1 aromatic rings. The first kappa shape index (κ1) is 13.4. The molecule has 2 N–H and O–H groups in total. The number of H-pyrrole nitrogens is 1. The molecule has 0 saturated carbocycles. The molecule has 2 rings (SSSR count). The van der Waals surface area contributed by atoms with Crippen LogP contribution in [0.4, 0.5) is 11.5 Å². The van der Waals surface area contributed by atoms with Gasteiger partial charge in [0, 0.05) is 26.2 Å². The van der Waals surface area contributed by atoms with Crippen LogP contribution in [0.5, 0.6) is 0 Å². The van der Waals surface area contributed by atoms with Crippen LogP contribution in [0, 0.1) is 10.1 Å². The van der Waals surface area contributed by atoms with Crippen molar-refractivity contribution in [3.8, 4) is 0 Å². The minimum Gasteiger partial charge on any atom is -0.379 e. The van der Waals surface area contributed by atoms with Crippen molar-refractivity contribution in [3.63, 3.8) is 0 Å². The van der Waals surface area contributed by atoms with Gasteiger partial charge in [0.15, 0.2) is 0 Å². The van der Waals surface area contributed by atoms with E-state index in [9.17, 15) is 14.9 Å². The number of aromatic amines is 1. The third kappa shape index (κ3) is 3.48. The highest BCUT2D eigenvalue weighted by Gasteiger charge is 2.20. The Morgan fingerprint density at radius 2 is 2.26 bits per heavy atom. The zero-order valence-corrected chi connectivity index (χ0v) is 10.3. The summed E-state index contributed by atoms with van der Waals surface area (Å²) in [5, 5.41) is 13.6. The highest BCUT2D eigenvalue weighted by atomic mass is 16.6. The van der Waals surface area contributed by atoms with E-state index in [1.54, 1.807) is 0 Å². The van der Waals surface area contributed by atoms with Crippen LogP contribution in [-0.4, -0.2) is 59.2 Å². The number of morpholine rings is 1. The van der Waals surface area contributed by atoms with Gasteiger partial charge in [0.2, 0.25) is 5.82 Å². The van der Waals surface area contributed by atoms with E-state index in [0.29, 0.717) is 19.8 Å². The molecule has 19 heavy (non-hydrogen) atoms. The lowest BCUT2D eigenvalue weighted by Crippen LogP contribution is -2.39. The highest BCUT2D eigenvalue weighted by Crippen LogP contribution is 2.14. The fourth-order valence-electron chi connectivity index (χ4n) is 1.85. The quantitative estimate of drug-likeness (QED) is 0.543. The summed E-state index contributed by atoms with van der Waals surface area (Å²) in [6, 6.07) is 0. The van der Waals surface area contributed by atoms with Crippen LogP contribution in [0.2, 0.25) is 0 Å². The van der Waals surface area contributed by atoms with E-state index < -0.39 is 16.2 Å². The minimum atomic E-state index is -0.756. The first-order valence-corrected chi connectivity index (χ1v) is 5.94. The van der Waals surface area contributed by atoms with Crippen molar-refractivity contribution in [3.05, 3.63) is 26.8 Å². The molecule has 0 atom stereocenters. The second-order valence-corrected chi connectivity index (χ2v) is 4.07. The highest BCUT2D eigenvalue weighted by molar-refractivity contribution is 5.53. The SMILES string of the molecule is O=c1[nH]cnc(NCCN2CCOCC2)c1[N+](=O)[O-]. The molecule has 0 aromatic carbocycles. The number of anilines is 1.